The number of hydrogen-bond donors (Lipinski definition) is 0. The molecule has 4 heterocycles. The van der Waals surface area contributed by atoms with Crippen molar-refractivity contribution < 1.29 is 87.5 Å². The Bertz CT molecular complexity index is 1440. The summed E-state index contributed by atoms with van der Waals surface area (Å²) in [4.78, 5) is 44.0. The number of aromatic nitrogens is 6. The molecule has 0 spiro atoms. The molecule has 0 saturated carbocycles. The smallest absolute Gasteiger partial charge is 0.790 e. The first kappa shape index (κ1) is 29.9. The minimum Gasteiger partial charge on any atom is -0.790 e. The molecule has 1 saturated heterocycles. The van der Waals surface area contributed by atoms with Crippen LogP contribution in [0.5, 0.6) is 0 Å². The van der Waals surface area contributed by atoms with E-state index in [1.807, 2.05) is 26.0 Å². The molecule has 37 heavy (non-hydrogen) atoms. The molecule has 1 aliphatic rings. The Hall–Kier alpha value is -1.64. The second kappa shape index (κ2) is 12.0. The number of anilines is 1. The van der Waals surface area contributed by atoms with Crippen LogP contribution in [0, 0.1) is 5.92 Å². The summed E-state index contributed by atoms with van der Waals surface area (Å²) >= 11 is 0. The van der Waals surface area contributed by atoms with E-state index in [9.17, 15) is 19.1 Å². The zero-order valence-electron chi connectivity index (χ0n) is 20.7. The Morgan fingerprint density at radius 3 is 2.54 bits per heavy atom. The average Bonchev–Trinajstić information content (AvgIpc) is 3.55. The Kier molecular flexibility index (Phi) is 9.73. The van der Waals surface area contributed by atoms with Gasteiger partial charge in [-0.3, -0.25) is 4.90 Å². The van der Waals surface area contributed by atoms with E-state index in [1.54, 1.807) is 40.0 Å². The summed E-state index contributed by atoms with van der Waals surface area (Å²) in [5, 5.41) is 8.48. The zero-order chi connectivity index (χ0) is 24.7. The van der Waals surface area contributed by atoms with Crippen molar-refractivity contribution in [2.24, 2.45) is 5.92 Å². The van der Waals surface area contributed by atoms with Crippen LogP contribution in [0.1, 0.15) is 13.8 Å². The van der Waals surface area contributed by atoms with E-state index in [0.717, 1.165) is 15.8 Å². The predicted octanol–water partition coefficient (Wildman–Crippen LogP) is -4.55. The van der Waals surface area contributed by atoms with Crippen LogP contribution in [0.2, 0.25) is 0 Å². The van der Waals surface area contributed by atoms with Gasteiger partial charge in [0.05, 0.1) is 20.1 Å². The van der Waals surface area contributed by atoms with E-state index < -0.39 is 20.6 Å². The fourth-order valence-electron chi connectivity index (χ4n) is 3.81. The Balaban J connectivity index is 0.00000190. The second-order valence-electron chi connectivity index (χ2n) is 8.26. The van der Waals surface area contributed by atoms with Crippen LogP contribution in [0.25, 0.3) is 28.2 Å². The predicted molar refractivity (Wildman–Crippen MR) is 119 cm³/mol. The van der Waals surface area contributed by atoms with Crippen LogP contribution < -0.4 is 73.8 Å². The van der Waals surface area contributed by atoms with Crippen molar-refractivity contribution in [2.75, 3.05) is 11.5 Å². The zero-order valence-corrected chi connectivity index (χ0v) is 25.6. The van der Waals surface area contributed by atoms with E-state index in [-0.39, 0.29) is 71.1 Å². The van der Waals surface area contributed by atoms with Crippen molar-refractivity contribution in [3.8, 4) is 22.5 Å². The molecule has 182 valence electrons. The molecule has 1 atom stereocenters. The van der Waals surface area contributed by atoms with E-state index >= 15 is 0 Å². The summed E-state index contributed by atoms with van der Waals surface area (Å²) in [6.45, 7) is 3.83. The minimum atomic E-state index is -5.10. The molecule has 1 fully saturated rings. The third-order valence-corrected chi connectivity index (χ3v) is 6.05. The van der Waals surface area contributed by atoms with Gasteiger partial charge in [0.2, 0.25) is 0 Å². The summed E-state index contributed by atoms with van der Waals surface area (Å²) in [6.07, 6.45) is 4.29. The van der Waals surface area contributed by atoms with Gasteiger partial charge in [-0.2, -0.15) is 5.10 Å². The van der Waals surface area contributed by atoms with Gasteiger partial charge < -0.3 is 23.6 Å². The van der Waals surface area contributed by atoms with Crippen molar-refractivity contribution >= 4 is 25.4 Å². The summed E-state index contributed by atoms with van der Waals surface area (Å²) in [7, 11) is -5.10. The first-order valence-electron chi connectivity index (χ1n) is 10.7. The van der Waals surface area contributed by atoms with Gasteiger partial charge in [0.15, 0.2) is 11.5 Å². The van der Waals surface area contributed by atoms with E-state index in [2.05, 4.69) is 19.7 Å². The maximum atomic E-state index is 12.4. The molecule has 1 aliphatic heterocycles. The standard InChI is InChI=1S/C21H22N7O6P.2Na/c1-13(2)17-10-33-21(29)28(17)18-7-8-27-20(24-18)16(9-23-27)14-3-5-15(6-4-14)19-22-11-26(25-19)12-34-35(30,31)32;;/h3-9,11,13,17H,10,12H2,1-2H3,(H2,30,31,32);;/q;2*+1/p-2/t17-;;/m1../s1. The molecule has 1 amide bonds. The van der Waals surface area contributed by atoms with Crippen LogP contribution >= 0.6 is 7.82 Å². The normalized spacial score (nSPS) is 15.5. The number of carbonyl (C=O) groups excluding carboxylic acids is 1. The van der Waals surface area contributed by atoms with Crippen molar-refractivity contribution in [2.45, 2.75) is 26.6 Å². The quantitative estimate of drug-likeness (QED) is 0.164. The molecule has 16 heteroatoms. The molecule has 0 unspecified atom stereocenters. The fourth-order valence-corrected chi connectivity index (χ4v) is 4.06. The van der Waals surface area contributed by atoms with Gasteiger partial charge in [-0.1, -0.05) is 38.1 Å². The largest absolute Gasteiger partial charge is 1.00 e. The van der Waals surface area contributed by atoms with Gasteiger partial charge in [-0.05, 0) is 17.5 Å². The summed E-state index contributed by atoms with van der Waals surface area (Å²) in [5.74, 6) is 1.03. The van der Waals surface area contributed by atoms with Crippen molar-refractivity contribution in [1.82, 2.24) is 29.4 Å². The van der Waals surface area contributed by atoms with Gasteiger partial charge in [0.1, 0.15) is 25.5 Å². The average molecular weight is 543 g/mol. The Morgan fingerprint density at radius 2 is 1.86 bits per heavy atom. The molecule has 4 aromatic rings. The molecule has 0 bridgehead atoms. The van der Waals surface area contributed by atoms with Crippen molar-refractivity contribution in [3.63, 3.8) is 0 Å². The maximum absolute atomic E-state index is 12.4. The van der Waals surface area contributed by atoms with Crippen LogP contribution in [0.3, 0.4) is 0 Å². The fraction of sp³-hybridized carbons (Fsp3) is 0.286. The topological polar surface area (TPSA) is 163 Å². The van der Waals surface area contributed by atoms with Gasteiger partial charge in [-0.15, -0.1) is 5.10 Å². The molecule has 0 aliphatic carbocycles. The molecule has 0 N–H and O–H groups in total. The molecule has 5 rings (SSSR count). The number of benzene rings is 1. The maximum Gasteiger partial charge on any atom is 1.00 e. The van der Waals surface area contributed by atoms with Gasteiger partial charge >= 0.3 is 65.2 Å². The molecular weight excluding hydrogens is 523 g/mol. The third kappa shape index (κ3) is 6.51. The van der Waals surface area contributed by atoms with Crippen LogP contribution in [0.15, 0.2) is 49.1 Å². The minimum absolute atomic E-state index is 0. The van der Waals surface area contributed by atoms with E-state index in [4.69, 9.17) is 9.72 Å². The number of amides is 1. The van der Waals surface area contributed by atoms with Crippen LogP contribution in [-0.4, -0.2) is 48.1 Å². The number of ether oxygens (including phenoxy) is 1. The molecule has 3 aromatic heterocycles. The van der Waals surface area contributed by atoms with Crippen LogP contribution in [0.4, 0.5) is 10.6 Å². The number of fused-ring (bicyclic) bond motifs is 1. The number of rotatable bonds is 7. The van der Waals surface area contributed by atoms with Gasteiger partial charge in [0, 0.05) is 17.3 Å². The third-order valence-electron chi connectivity index (χ3n) is 5.62. The Morgan fingerprint density at radius 1 is 1.16 bits per heavy atom. The number of cyclic esters (lactones) is 1. The molecular formula is C21H20N7Na2O6P. The van der Waals surface area contributed by atoms with Crippen LogP contribution in [-0.2, 0) is 20.6 Å². The Labute approximate surface area is 256 Å². The number of nitrogens with zero attached hydrogens (tertiary/aromatic N) is 7. The molecule has 0 radical (unpaired) electrons. The van der Waals surface area contributed by atoms with Gasteiger partial charge in [0.25, 0.3) is 0 Å². The first-order valence-corrected chi connectivity index (χ1v) is 12.1. The number of phosphoric acid groups is 1. The van der Waals surface area contributed by atoms with E-state index in [1.165, 1.54) is 6.33 Å². The number of hydrogen-bond acceptors (Lipinski definition) is 10. The molecule has 1 aromatic carbocycles. The SMILES string of the molecule is CC(C)[C@H]1COC(=O)N1c1ccn2ncc(-c3ccc(-c4ncn(COP(=O)([O-])[O-])n4)cc3)c2n1.[Na+].[Na+]. The number of carbonyl (C=O) groups is 1. The second-order valence-corrected chi connectivity index (χ2v) is 9.41. The summed E-state index contributed by atoms with van der Waals surface area (Å²) in [6, 6.07) is 8.92. The van der Waals surface area contributed by atoms with E-state index in [0.29, 0.717) is 29.5 Å². The summed E-state index contributed by atoms with van der Waals surface area (Å²) in [5.41, 5.74) is 2.85. The monoisotopic (exact) mass is 543 g/mol. The van der Waals surface area contributed by atoms with Crippen molar-refractivity contribution in [1.29, 1.82) is 0 Å². The number of phosphoric ester groups is 1. The van der Waals surface area contributed by atoms with Crippen molar-refractivity contribution in [3.05, 3.63) is 49.1 Å². The first-order chi connectivity index (χ1) is 16.7. The van der Waals surface area contributed by atoms with Gasteiger partial charge in [-0.25, -0.2) is 24.0 Å². The summed E-state index contributed by atoms with van der Waals surface area (Å²) < 4.78 is 22.8. The molecule has 13 nitrogen and oxygen atoms in total.